The van der Waals surface area contributed by atoms with E-state index in [0.717, 1.165) is 12.0 Å². The number of hydrogen-bond donors (Lipinski definition) is 1. The van der Waals surface area contributed by atoms with Gasteiger partial charge in [-0.05, 0) is 24.1 Å². The molecule has 1 aromatic rings. The lowest BCUT2D eigenvalue weighted by molar-refractivity contribution is 0.206. The van der Waals surface area contributed by atoms with E-state index in [9.17, 15) is 4.79 Å². The molecule has 1 atom stereocenters. The number of benzene rings is 1. The van der Waals surface area contributed by atoms with Crippen LogP contribution < -0.4 is 15.2 Å². The number of urea groups is 1. The van der Waals surface area contributed by atoms with Crippen molar-refractivity contribution in [1.82, 2.24) is 4.90 Å². The molecule has 2 amide bonds. The molecule has 108 valence electrons. The summed E-state index contributed by atoms with van der Waals surface area (Å²) in [6.45, 7) is 2.61. The van der Waals surface area contributed by atoms with Crippen LogP contribution in [0, 0.1) is 0 Å². The van der Waals surface area contributed by atoms with Crippen LogP contribution in [-0.4, -0.2) is 37.5 Å². The van der Waals surface area contributed by atoms with Gasteiger partial charge in [-0.25, -0.2) is 4.79 Å². The summed E-state index contributed by atoms with van der Waals surface area (Å²) in [4.78, 5) is 17.4. The van der Waals surface area contributed by atoms with Crippen molar-refractivity contribution in [2.45, 2.75) is 19.4 Å². The van der Waals surface area contributed by atoms with Crippen LogP contribution >= 0.6 is 0 Å². The van der Waals surface area contributed by atoms with Gasteiger partial charge in [-0.15, -0.1) is 0 Å². The van der Waals surface area contributed by atoms with Gasteiger partial charge in [-0.3, -0.25) is 0 Å². The third kappa shape index (κ3) is 2.54. The fraction of sp³-hybridized carbons (Fsp3) is 0.429. The first-order valence-electron chi connectivity index (χ1n) is 6.48. The van der Waals surface area contributed by atoms with Crippen molar-refractivity contribution in [3.05, 3.63) is 23.8 Å². The minimum atomic E-state index is -0.355. The van der Waals surface area contributed by atoms with E-state index in [-0.39, 0.29) is 12.1 Å². The number of nitrogens with two attached hydrogens (primary N) is 1. The molecular formula is C14H19N3O3. The highest BCUT2D eigenvalue weighted by Crippen LogP contribution is 2.32. The maximum atomic E-state index is 11.9. The second-order valence-electron chi connectivity index (χ2n) is 4.56. The Morgan fingerprint density at radius 1 is 1.25 bits per heavy atom. The number of methoxy groups -OCH3 is 2. The number of amides is 2. The first-order chi connectivity index (χ1) is 9.60. The molecule has 2 rings (SSSR count). The first kappa shape index (κ1) is 14.2. The number of hydrogen-bond acceptors (Lipinski definition) is 4. The molecule has 1 unspecified atom stereocenters. The highest BCUT2D eigenvalue weighted by molar-refractivity contribution is 6.03. The predicted octanol–water partition coefficient (Wildman–Crippen LogP) is 1.95. The van der Waals surface area contributed by atoms with Crippen LogP contribution in [0.4, 0.5) is 4.79 Å². The molecule has 0 radical (unpaired) electrons. The predicted molar refractivity (Wildman–Crippen MR) is 76.3 cm³/mol. The molecule has 0 fully saturated rings. The van der Waals surface area contributed by atoms with Crippen LogP contribution in [-0.2, 0) is 0 Å². The van der Waals surface area contributed by atoms with Gasteiger partial charge >= 0.3 is 6.03 Å². The van der Waals surface area contributed by atoms with E-state index in [1.807, 2.05) is 19.1 Å². The average molecular weight is 277 g/mol. The molecule has 0 bridgehead atoms. The normalized spacial score (nSPS) is 18.1. The molecule has 1 aromatic carbocycles. The summed E-state index contributed by atoms with van der Waals surface area (Å²) in [6, 6.07) is 4.81. The van der Waals surface area contributed by atoms with Crippen LogP contribution in [0.3, 0.4) is 0 Å². The van der Waals surface area contributed by atoms with Gasteiger partial charge in [0.2, 0.25) is 0 Å². The van der Waals surface area contributed by atoms with Crippen molar-refractivity contribution in [3.63, 3.8) is 0 Å². The minimum absolute atomic E-state index is 0.295. The lowest BCUT2D eigenvalue weighted by Gasteiger charge is -2.24. The highest BCUT2D eigenvalue weighted by Gasteiger charge is 2.34. The first-order valence-corrected chi connectivity index (χ1v) is 6.48. The van der Waals surface area contributed by atoms with Crippen LogP contribution in [0.15, 0.2) is 23.2 Å². The Labute approximate surface area is 118 Å². The van der Waals surface area contributed by atoms with E-state index < -0.39 is 0 Å². The third-order valence-electron chi connectivity index (χ3n) is 3.22. The van der Waals surface area contributed by atoms with Gasteiger partial charge in [0.1, 0.15) is 23.4 Å². The van der Waals surface area contributed by atoms with Crippen LogP contribution in [0.2, 0.25) is 0 Å². The smallest absolute Gasteiger partial charge is 0.346 e. The van der Waals surface area contributed by atoms with Crippen molar-refractivity contribution in [1.29, 1.82) is 0 Å². The topological polar surface area (TPSA) is 77.2 Å². The Hall–Kier alpha value is -2.24. The second-order valence-corrected chi connectivity index (χ2v) is 4.56. The fourth-order valence-electron chi connectivity index (χ4n) is 2.31. The van der Waals surface area contributed by atoms with E-state index in [1.165, 1.54) is 0 Å². The lowest BCUT2D eigenvalue weighted by atomic mass is 10.0. The Kier molecular flexibility index (Phi) is 4.12. The molecule has 1 aliphatic rings. The molecule has 6 heteroatoms. The molecule has 20 heavy (non-hydrogen) atoms. The molecule has 1 heterocycles. The van der Waals surface area contributed by atoms with E-state index in [4.69, 9.17) is 15.2 Å². The number of aliphatic imine (C=N–C) groups is 1. The largest absolute Gasteiger partial charge is 0.497 e. The zero-order valence-electron chi connectivity index (χ0n) is 11.9. The van der Waals surface area contributed by atoms with Gasteiger partial charge < -0.3 is 20.1 Å². The summed E-state index contributed by atoms with van der Waals surface area (Å²) in [5, 5.41) is 0. The van der Waals surface area contributed by atoms with Crippen LogP contribution in [0.25, 0.3) is 0 Å². The Balaban J connectivity index is 2.42. The number of carbonyl (C=O) groups excluding carboxylic acids is 1. The molecule has 0 saturated heterocycles. The SMILES string of the molecule is CCCN1C(=O)N=C(N)C1c1cc(OC)cc(OC)c1. The number of carbonyl (C=O) groups is 1. The maximum absolute atomic E-state index is 11.9. The summed E-state index contributed by atoms with van der Waals surface area (Å²) in [5.74, 6) is 1.62. The molecule has 1 aliphatic heterocycles. The van der Waals surface area contributed by atoms with Gasteiger partial charge in [-0.2, -0.15) is 4.99 Å². The molecule has 0 saturated carbocycles. The summed E-state index contributed by atoms with van der Waals surface area (Å²) in [5.41, 5.74) is 6.75. The number of rotatable bonds is 5. The number of ether oxygens (including phenoxy) is 2. The zero-order valence-corrected chi connectivity index (χ0v) is 11.9. The quantitative estimate of drug-likeness (QED) is 0.892. The maximum Gasteiger partial charge on any atom is 0.346 e. The standard InChI is InChI=1S/C14H19N3O3/c1-4-5-17-12(13(15)16-14(17)18)9-6-10(19-2)8-11(7-9)20-3/h6-8,12H,4-5H2,1-3H3,(H2,15,16,18). The summed E-state index contributed by atoms with van der Waals surface area (Å²) in [7, 11) is 3.17. The summed E-state index contributed by atoms with van der Waals surface area (Å²) < 4.78 is 10.5. The second kappa shape index (κ2) is 5.81. The van der Waals surface area contributed by atoms with Crippen molar-refractivity contribution in [2.75, 3.05) is 20.8 Å². The molecule has 6 nitrogen and oxygen atoms in total. The van der Waals surface area contributed by atoms with E-state index >= 15 is 0 Å². The molecule has 0 aliphatic carbocycles. The third-order valence-corrected chi connectivity index (χ3v) is 3.22. The fourth-order valence-corrected chi connectivity index (χ4v) is 2.31. The lowest BCUT2D eigenvalue weighted by Crippen LogP contribution is -2.33. The summed E-state index contributed by atoms with van der Waals surface area (Å²) >= 11 is 0. The van der Waals surface area contributed by atoms with E-state index in [2.05, 4.69) is 4.99 Å². The molecule has 2 N–H and O–H groups in total. The minimum Gasteiger partial charge on any atom is -0.497 e. The van der Waals surface area contributed by atoms with Gasteiger partial charge in [0, 0.05) is 12.6 Å². The Bertz CT molecular complexity index is 520. The molecule has 0 aromatic heterocycles. The summed E-state index contributed by atoms with van der Waals surface area (Å²) in [6.07, 6.45) is 0.839. The van der Waals surface area contributed by atoms with E-state index in [0.29, 0.717) is 23.9 Å². The van der Waals surface area contributed by atoms with Gasteiger partial charge in [0.05, 0.1) is 14.2 Å². The number of amidine groups is 1. The Morgan fingerprint density at radius 3 is 2.35 bits per heavy atom. The van der Waals surface area contributed by atoms with Gasteiger partial charge in [-0.1, -0.05) is 6.92 Å². The molecular weight excluding hydrogens is 258 g/mol. The molecule has 0 spiro atoms. The van der Waals surface area contributed by atoms with Crippen molar-refractivity contribution >= 4 is 11.9 Å². The van der Waals surface area contributed by atoms with Crippen LogP contribution in [0.5, 0.6) is 11.5 Å². The Morgan fingerprint density at radius 2 is 1.85 bits per heavy atom. The van der Waals surface area contributed by atoms with Crippen molar-refractivity contribution in [2.24, 2.45) is 10.7 Å². The van der Waals surface area contributed by atoms with Crippen molar-refractivity contribution < 1.29 is 14.3 Å². The van der Waals surface area contributed by atoms with Crippen molar-refractivity contribution in [3.8, 4) is 11.5 Å². The monoisotopic (exact) mass is 277 g/mol. The van der Waals surface area contributed by atoms with E-state index in [1.54, 1.807) is 25.2 Å². The highest BCUT2D eigenvalue weighted by atomic mass is 16.5. The van der Waals surface area contributed by atoms with Crippen LogP contribution in [0.1, 0.15) is 24.9 Å². The van der Waals surface area contributed by atoms with Gasteiger partial charge in [0.25, 0.3) is 0 Å². The van der Waals surface area contributed by atoms with Gasteiger partial charge in [0.15, 0.2) is 0 Å². The number of nitrogens with zero attached hydrogens (tertiary/aromatic N) is 2. The average Bonchev–Trinajstić information content (AvgIpc) is 2.73. The zero-order chi connectivity index (χ0) is 14.7.